The maximum absolute atomic E-state index is 3.63. The zero-order chi connectivity index (χ0) is 8.27. The maximum Gasteiger partial charge on any atom is 0.0265 e. The van der Waals surface area contributed by atoms with E-state index >= 15 is 0 Å². The number of hydrogen-bond acceptors (Lipinski definition) is 1. The van der Waals surface area contributed by atoms with Crippen molar-refractivity contribution in [2.75, 3.05) is 19.6 Å². The van der Waals surface area contributed by atoms with Crippen LogP contribution in [0.1, 0.15) is 20.3 Å². The molecule has 0 N–H and O–H groups in total. The summed E-state index contributed by atoms with van der Waals surface area (Å²) in [6.45, 7) is 11.6. The molecule has 1 aliphatic heterocycles. The van der Waals surface area contributed by atoms with E-state index in [1.54, 1.807) is 0 Å². The zero-order valence-electron chi connectivity index (χ0n) is 7.56. The quantitative estimate of drug-likeness (QED) is 0.546. The topological polar surface area (TPSA) is 3.24 Å². The normalized spacial score (nSPS) is 25.1. The van der Waals surface area contributed by atoms with E-state index in [0.29, 0.717) is 0 Å². The molecule has 0 amide bonds. The van der Waals surface area contributed by atoms with Crippen LogP contribution in [0.5, 0.6) is 0 Å². The Hall–Kier alpha value is -0.520. The third kappa shape index (κ3) is 2.53. The Morgan fingerprint density at radius 2 is 2.45 bits per heavy atom. The van der Waals surface area contributed by atoms with Gasteiger partial charge in [-0.15, -0.1) is 5.73 Å². The molecule has 0 aromatic carbocycles. The highest BCUT2D eigenvalue weighted by Gasteiger charge is 2.17. The monoisotopic (exact) mass is 151 g/mol. The fourth-order valence-electron chi connectivity index (χ4n) is 1.56. The molecule has 0 radical (unpaired) electrons. The first-order valence-corrected chi connectivity index (χ1v) is 4.30. The molecule has 0 unspecified atom stereocenters. The van der Waals surface area contributed by atoms with Crippen LogP contribution >= 0.6 is 0 Å². The van der Waals surface area contributed by atoms with Gasteiger partial charge in [0.2, 0.25) is 0 Å². The first-order chi connectivity index (χ1) is 5.22. The minimum Gasteiger partial charge on any atom is -0.299 e. The standard InChI is InChI=1S/C10H17N/c1-4-9(2)7-11-6-5-10(3)8-11/h10H,1,5-8H2,2-3H3/t10-/m1/s1. The van der Waals surface area contributed by atoms with Gasteiger partial charge in [0, 0.05) is 13.1 Å². The number of hydrogen-bond donors (Lipinski definition) is 0. The van der Waals surface area contributed by atoms with Crippen LogP contribution in [0.4, 0.5) is 0 Å². The summed E-state index contributed by atoms with van der Waals surface area (Å²) in [6.07, 6.45) is 1.35. The highest BCUT2D eigenvalue weighted by atomic mass is 15.1. The van der Waals surface area contributed by atoms with Gasteiger partial charge in [0.1, 0.15) is 0 Å². The lowest BCUT2D eigenvalue weighted by Gasteiger charge is -2.13. The zero-order valence-corrected chi connectivity index (χ0v) is 7.56. The molecule has 0 spiro atoms. The second kappa shape index (κ2) is 3.75. The lowest BCUT2D eigenvalue weighted by Crippen LogP contribution is -2.21. The van der Waals surface area contributed by atoms with E-state index in [-0.39, 0.29) is 0 Å². The predicted molar refractivity (Wildman–Crippen MR) is 48.5 cm³/mol. The highest BCUT2D eigenvalue weighted by molar-refractivity contribution is 4.98. The van der Waals surface area contributed by atoms with Crippen molar-refractivity contribution in [1.29, 1.82) is 0 Å². The summed E-state index contributed by atoms with van der Waals surface area (Å²) in [4.78, 5) is 2.47. The minimum atomic E-state index is 0.882. The molecule has 1 atom stereocenters. The van der Waals surface area contributed by atoms with E-state index < -0.39 is 0 Å². The molecule has 62 valence electrons. The van der Waals surface area contributed by atoms with Crippen LogP contribution in [0.15, 0.2) is 17.9 Å². The summed E-state index contributed by atoms with van der Waals surface area (Å²) >= 11 is 0. The van der Waals surface area contributed by atoms with Gasteiger partial charge in [-0.05, 0) is 31.4 Å². The fraction of sp³-hybridized carbons (Fsp3) is 0.700. The molecule has 0 aliphatic carbocycles. The number of likely N-dealkylation sites (tertiary alicyclic amines) is 1. The molecule has 0 saturated carbocycles. The second-order valence-electron chi connectivity index (χ2n) is 3.59. The van der Waals surface area contributed by atoms with E-state index in [2.05, 4.69) is 31.1 Å². The first-order valence-electron chi connectivity index (χ1n) is 4.30. The predicted octanol–water partition coefficient (Wildman–Crippen LogP) is 2.06. The SMILES string of the molecule is C=C=C(C)CN1CC[C@@H](C)C1. The van der Waals surface area contributed by atoms with Gasteiger partial charge in [-0.25, -0.2) is 0 Å². The van der Waals surface area contributed by atoms with Crippen LogP contribution in [-0.2, 0) is 0 Å². The van der Waals surface area contributed by atoms with Gasteiger partial charge in [-0.2, -0.15) is 0 Å². The van der Waals surface area contributed by atoms with E-state index in [1.165, 1.54) is 25.1 Å². The molecule has 1 nitrogen and oxygen atoms in total. The van der Waals surface area contributed by atoms with Gasteiger partial charge in [-0.3, -0.25) is 4.90 Å². The fourth-order valence-corrected chi connectivity index (χ4v) is 1.56. The Morgan fingerprint density at radius 3 is 2.91 bits per heavy atom. The average molecular weight is 151 g/mol. The molecule has 0 bridgehead atoms. The third-order valence-corrected chi connectivity index (χ3v) is 2.27. The van der Waals surface area contributed by atoms with Crippen LogP contribution in [0.3, 0.4) is 0 Å². The van der Waals surface area contributed by atoms with Crippen LogP contribution in [0.25, 0.3) is 0 Å². The second-order valence-corrected chi connectivity index (χ2v) is 3.59. The van der Waals surface area contributed by atoms with E-state index in [0.717, 1.165) is 12.5 Å². The van der Waals surface area contributed by atoms with Crippen molar-refractivity contribution in [1.82, 2.24) is 4.90 Å². The summed E-state index contributed by atoms with van der Waals surface area (Å²) in [6, 6.07) is 0. The van der Waals surface area contributed by atoms with E-state index in [1.807, 2.05) is 0 Å². The summed E-state index contributed by atoms with van der Waals surface area (Å²) in [5, 5.41) is 0. The molecule has 1 heterocycles. The molecule has 1 saturated heterocycles. The maximum atomic E-state index is 3.63. The van der Waals surface area contributed by atoms with Crippen molar-refractivity contribution in [3.8, 4) is 0 Å². The number of rotatable bonds is 2. The van der Waals surface area contributed by atoms with E-state index in [9.17, 15) is 0 Å². The Kier molecular flexibility index (Phi) is 2.92. The summed E-state index contributed by atoms with van der Waals surface area (Å²) in [5.74, 6) is 0.882. The molecule has 1 rings (SSSR count). The summed E-state index contributed by atoms with van der Waals surface area (Å²) in [7, 11) is 0. The molecule has 1 aliphatic rings. The van der Waals surface area contributed by atoms with Gasteiger partial charge in [0.05, 0.1) is 0 Å². The van der Waals surface area contributed by atoms with Gasteiger partial charge in [0.25, 0.3) is 0 Å². The molecule has 1 fully saturated rings. The van der Waals surface area contributed by atoms with Gasteiger partial charge in [0.15, 0.2) is 0 Å². The Bertz CT molecular complexity index is 177. The Balaban J connectivity index is 2.34. The minimum absolute atomic E-state index is 0.882. The smallest absolute Gasteiger partial charge is 0.0265 e. The first kappa shape index (κ1) is 8.58. The highest BCUT2D eigenvalue weighted by Crippen LogP contribution is 2.15. The van der Waals surface area contributed by atoms with Gasteiger partial charge >= 0.3 is 0 Å². The Morgan fingerprint density at radius 1 is 1.73 bits per heavy atom. The molecule has 1 heteroatoms. The van der Waals surface area contributed by atoms with Crippen molar-refractivity contribution in [2.24, 2.45) is 5.92 Å². The lowest BCUT2D eigenvalue weighted by atomic mass is 10.2. The van der Waals surface area contributed by atoms with E-state index in [4.69, 9.17) is 0 Å². The summed E-state index contributed by atoms with van der Waals surface area (Å²) < 4.78 is 0. The van der Waals surface area contributed by atoms with Crippen molar-refractivity contribution < 1.29 is 0 Å². The largest absolute Gasteiger partial charge is 0.299 e. The average Bonchev–Trinajstić information content (AvgIpc) is 2.35. The molecule has 0 aromatic rings. The lowest BCUT2D eigenvalue weighted by molar-refractivity contribution is 0.356. The third-order valence-electron chi connectivity index (χ3n) is 2.27. The van der Waals surface area contributed by atoms with Crippen molar-refractivity contribution >= 4 is 0 Å². The van der Waals surface area contributed by atoms with Gasteiger partial charge < -0.3 is 0 Å². The molecule has 0 aromatic heterocycles. The van der Waals surface area contributed by atoms with Crippen LogP contribution in [-0.4, -0.2) is 24.5 Å². The van der Waals surface area contributed by atoms with Crippen molar-refractivity contribution in [3.05, 3.63) is 17.9 Å². The molecular formula is C10H17N. The van der Waals surface area contributed by atoms with Crippen molar-refractivity contribution in [3.63, 3.8) is 0 Å². The van der Waals surface area contributed by atoms with Crippen LogP contribution in [0, 0.1) is 5.92 Å². The summed E-state index contributed by atoms with van der Waals surface area (Å²) in [5.41, 5.74) is 4.19. The van der Waals surface area contributed by atoms with Crippen LogP contribution < -0.4 is 0 Å². The van der Waals surface area contributed by atoms with Crippen LogP contribution in [0.2, 0.25) is 0 Å². The molecular weight excluding hydrogens is 134 g/mol. The Labute approximate surface area is 69.4 Å². The van der Waals surface area contributed by atoms with Crippen molar-refractivity contribution in [2.45, 2.75) is 20.3 Å². The van der Waals surface area contributed by atoms with Gasteiger partial charge in [-0.1, -0.05) is 13.5 Å². The number of nitrogens with zero attached hydrogens (tertiary/aromatic N) is 1. The molecule has 11 heavy (non-hydrogen) atoms.